The quantitative estimate of drug-likeness (QED) is 0.710. The Morgan fingerprint density at radius 3 is 2.59 bits per heavy atom. The van der Waals surface area contributed by atoms with Crippen LogP contribution in [0.15, 0.2) is 15.9 Å². The largest absolute Gasteiger partial charge is 0.477 e. The fourth-order valence-electron chi connectivity index (χ4n) is 4.12. The number of carboxylic acids is 1. The number of rotatable bonds is 3. The zero-order chi connectivity index (χ0) is 23.5. The van der Waals surface area contributed by atoms with E-state index in [1.165, 1.54) is 9.47 Å². The van der Waals surface area contributed by atoms with E-state index in [1.807, 2.05) is 0 Å². The minimum atomic E-state index is -1.43. The average Bonchev–Trinajstić information content (AvgIpc) is 3.08. The van der Waals surface area contributed by atoms with Crippen LogP contribution in [0.25, 0.3) is 10.9 Å². The van der Waals surface area contributed by atoms with Gasteiger partial charge in [-0.2, -0.15) is 0 Å². The Hall–Kier alpha value is -2.82. The predicted molar refractivity (Wildman–Crippen MR) is 116 cm³/mol. The van der Waals surface area contributed by atoms with Crippen LogP contribution >= 0.6 is 11.8 Å². The van der Waals surface area contributed by atoms with Crippen molar-refractivity contribution in [1.29, 1.82) is 0 Å². The Balaban J connectivity index is 1.71. The number of aromatic carboxylic acids is 1. The monoisotopic (exact) mass is 467 g/mol. The summed E-state index contributed by atoms with van der Waals surface area (Å²) in [6, 6.07) is 0.536. The van der Waals surface area contributed by atoms with Gasteiger partial charge in [0, 0.05) is 13.1 Å². The van der Waals surface area contributed by atoms with Crippen LogP contribution in [0.4, 0.5) is 19.3 Å². The summed E-state index contributed by atoms with van der Waals surface area (Å²) in [5.74, 6) is -3.30. The Bertz CT molecular complexity index is 1210. The molecular formula is C21H23F2N3O5S. The topological polar surface area (TPSA) is 101 Å². The average molecular weight is 467 g/mol. The molecule has 1 saturated heterocycles. The third kappa shape index (κ3) is 3.68. The van der Waals surface area contributed by atoms with Gasteiger partial charge < -0.3 is 24.6 Å². The molecule has 1 amide bonds. The van der Waals surface area contributed by atoms with Gasteiger partial charge in [0.15, 0.2) is 5.82 Å². The summed E-state index contributed by atoms with van der Waals surface area (Å²) in [6.45, 7) is 7.40. The lowest BCUT2D eigenvalue weighted by Crippen LogP contribution is -2.40. The van der Waals surface area contributed by atoms with Crippen LogP contribution in [0.1, 0.15) is 49.8 Å². The number of nitrogens with zero attached hydrogens (tertiary/aromatic N) is 2. The third-order valence-electron chi connectivity index (χ3n) is 5.40. The van der Waals surface area contributed by atoms with Gasteiger partial charge in [-0.1, -0.05) is 11.8 Å². The Morgan fingerprint density at radius 2 is 2.00 bits per heavy atom. The molecule has 2 aromatic rings. The normalized spacial score (nSPS) is 20.1. The number of amides is 1. The Kier molecular flexibility index (Phi) is 5.35. The van der Waals surface area contributed by atoms with Gasteiger partial charge in [-0.3, -0.25) is 4.79 Å². The van der Waals surface area contributed by atoms with Gasteiger partial charge in [0.05, 0.1) is 27.3 Å². The first-order chi connectivity index (χ1) is 14.9. The number of halogens is 2. The number of alkyl carbamates (subject to hydrolysis) is 1. The molecule has 1 fully saturated rings. The lowest BCUT2D eigenvalue weighted by molar-refractivity contribution is 0.0508. The molecule has 1 aromatic carbocycles. The molecule has 2 N–H and O–H groups in total. The minimum absolute atomic E-state index is 0.110. The predicted octanol–water partition coefficient (Wildman–Crippen LogP) is 3.71. The van der Waals surface area contributed by atoms with Crippen molar-refractivity contribution in [1.82, 2.24) is 9.88 Å². The first kappa shape index (κ1) is 22.4. The smallest absolute Gasteiger partial charge is 0.407 e. The summed E-state index contributed by atoms with van der Waals surface area (Å²) >= 11 is 1.15. The van der Waals surface area contributed by atoms with Crippen molar-refractivity contribution < 1.29 is 28.2 Å². The molecule has 2 aliphatic heterocycles. The van der Waals surface area contributed by atoms with E-state index in [1.54, 1.807) is 27.7 Å². The number of carboxylic acid groups (broad SMARTS) is 1. The lowest BCUT2D eigenvalue weighted by Gasteiger charge is -2.33. The van der Waals surface area contributed by atoms with Crippen LogP contribution in [-0.2, 0) is 4.74 Å². The van der Waals surface area contributed by atoms with Crippen molar-refractivity contribution in [3.8, 4) is 0 Å². The summed E-state index contributed by atoms with van der Waals surface area (Å²) in [7, 11) is 0. The van der Waals surface area contributed by atoms with E-state index in [9.17, 15) is 19.5 Å². The Labute approximate surface area is 186 Å². The summed E-state index contributed by atoms with van der Waals surface area (Å²) in [6.07, 6.45) is -0.151. The SMILES string of the molecule is CC1Sc2c(C(=O)O)c(=O)c3cc(F)c(N4CCC(NC(=O)OC(C)(C)C)C4)c(F)c3n21. The summed E-state index contributed by atoms with van der Waals surface area (Å²) in [5.41, 5.74) is -2.46. The molecule has 2 atom stereocenters. The van der Waals surface area contributed by atoms with E-state index in [0.29, 0.717) is 6.42 Å². The fraction of sp³-hybridized carbons (Fsp3) is 0.476. The molecule has 0 radical (unpaired) electrons. The number of hydrogen-bond acceptors (Lipinski definition) is 6. The second kappa shape index (κ2) is 7.65. The number of pyridine rings is 1. The first-order valence-electron chi connectivity index (χ1n) is 10.1. The molecule has 1 aromatic heterocycles. The molecule has 32 heavy (non-hydrogen) atoms. The fourth-order valence-corrected chi connectivity index (χ4v) is 5.26. The zero-order valence-corrected chi connectivity index (χ0v) is 18.8. The third-order valence-corrected chi connectivity index (χ3v) is 6.57. The first-order valence-corrected chi connectivity index (χ1v) is 11.0. The van der Waals surface area contributed by atoms with E-state index >= 15 is 8.78 Å². The van der Waals surface area contributed by atoms with Crippen LogP contribution in [0, 0.1) is 11.6 Å². The lowest BCUT2D eigenvalue weighted by atomic mass is 10.1. The van der Waals surface area contributed by atoms with Crippen molar-refractivity contribution in [2.24, 2.45) is 0 Å². The van der Waals surface area contributed by atoms with E-state index < -0.39 is 40.3 Å². The van der Waals surface area contributed by atoms with Gasteiger partial charge in [0.25, 0.3) is 0 Å². The van der Waals surface area contributed by atoms with Crippen molar-refractivity contribution >= 4 is 40.4 Å². The van der Waals surface area contributed by atoms with Gasteiger partial charge in [-0.25, -0.2) is 18.4 Å². The summed E-state index contributed by atoms with van der Waals surface area (Å²) < 4.78 is 37.3. The maximum absolute atomic E-state index is 15.6. The zero-order valence-electron chi connectivity index (χ0n) is 18.0. The highest BCUT2D eigenvalue weighted by Crippen LogP contribution is 2.47. The number of thioether (sulfide) groups is 1. The van der Waals surface area contributed by atoms with E-state index in [4.69, 9.17) is 4.74 Å². The number of anilines is 1. The number of fused-ring (bicyclic) bond motifs is 3. The second-order valence-corrected chi connectivity index (χ2v) is 10.2. The number of hydrogen-bond donors (Lipinski definition) is 2. The highest BCUT2D eigenvalue weighted by atomic mass is 32.2. The maximum atomic E-state index is 15.6. The maximum Gasteiger partial charge on any atom is 0.407 e. The summed E-state index contributed by atoms with van der Waals surface area (Å²) in [4.78, 5) is 37.8. The molecule has 11 heteroatoms. The highest BCUT2D eigenvalue weighted by Gasteiger charge is 2.37. The number of ether oxygens (including phenoxy) is 1. The molecular weight excluding hydrogens is 444 g/mol. The molecule has 3 heterocycles. The standard InChI is InChI=1S/C21H23F2N3O5S/c1-9-26-15-11(17(27)13(19(28)29)18(26)32-9)7-12(22)16(14(15)23)25-6-5-10(8-25)24-20(30)31-21(2,3)4/h7,9-10H,5-6,8H2,1-4H3,(H,24,30)(H,28,29). The molecule has 2 unspecified atom stereocenters. The number of aromatic nitrogens is 1. The van der Waals surface area contributed by atoms with Gasteiger partial charge in [-0.15, -0.1) is 0 Å². The molecule has 0 saturated carbocycles. The molecule has 8 nitrogen and oxygen atoms in total. The number of carbonyl (C=O) groups excluding carboxylic acids is 1. The number of benzene rings is 1. The van der Waals surface area contributed by atoms with Gasteiger partial charge in [0.1, 0.15) is 22.7 Å². The molecule has 2 aliphatic rings. The number of nitrogens with one attached hydrogen (secondary N) is 1. The van der Waals surface area contributed by atoms with Crippen LogP contribution in [0.5, 0.6) is 0 Å². The van der Waals surface area contributed by atoms with Crippen molar-refractivity contribution in [2.45, 2.75) is 56.2 Å². The highest BCUT2D eigenvalue weighted by molar-refractivity contribution is 8.00. The molecule has 172 valence electrons. The van der Waals surface area contributed by atoms with Crippen molar-refractivity contribution in [3.63, 3.8) is 0 Å². The van der Waals surface area contributed by atoms with Gasteiger partial charge in [-0.05, 0) is 40.2 Å². The van der Waals surface area contributed by atoms with Crippen LogP contribution in [0.3, 0.4) is 0 Å². The minimum Gasteiger partial charge on any atom is -0.477 e. The van der Waals surface area contributed by atoms with E-state index in [2.05, 4.69) is 5.32 Å². The van der Waals surface area contributed by atoms with E-state index in [-0.39, 0.29) is 46.1 Å². The van der Waals surface area contributed by atoms with Crippen LogP contribution in [-0.4, -0.2) is 46.5 Å². The second-order valence-electron chi connectivity index (χ2n) is 8.90. The molecule has 0 aliphatic carbocycles. The molecule has 0 spiro atoms. The van der Waals surface area contributed by atoms with Gasteiger partial charge >= 0.3 is 12.1 Å². The van der Waals surface area contributed by atoms with Crippen LogP contribution in [0.2, 0.25) is 0 Å². The van der Waals surface area contributed by atoms with Crippen molar-refractivity contribution in [3.05, 3.63) is 33.5 Å². The molecule has 4 rings (SSSR count). The molecule has 0 bridgehead atoms. The van der Waals surface area contributed by atoms with Crippen molar-refractivity contribution in [2.75, 3.05) is 18.0 Å². The summed E-state index contributed by atoms with van der Waals surface area (Å²) in [5, 5.41) is 11.7. The number of carbonyl (C=O) groups is 2. The Morgan fingerprint density at radius 1 is 1.31 bits per heavy atom. The van der Waals surface area contributed by atoms with E-state index in [0.717, 1.165) is 17.8 Å². The van der Waals surface area contributed by atoms with Crippen LogP contribution < -0.4 is 15.6 Å². The van der Waals surface area contributed by atoms with Gasteiger partial charge in [0.2, 0.25) is 5.43 Å².